The number of piperazine rings is 1. The van der Waals surface area contributed by atoms with E-state index in [9.17, 15) is 14.4 Å². The first-order valence-corrected chi connectivity index (χ1v) is 13.6. The van der Waals surface area contributed by atoms with Crippen LogP contribution in [0, 0.1) is 0 Å². The van der Waals surface area contributed by atoms with Gasteiger partial charge in [0.15, 0.2) is 0 Å². The maximum absolute atomic E-state index is 12.9. The lowest BCUT2D eigenvalue weighted by molar-refractivity contribution is -0.136. The quantitative estimate of drug-likeness (QED) is 0.387. The topological polar surface area (TPSA) is 108 Å². The number of fused-ring (bicyclic) bond motifs is 1. The summed E-state index contributed by atoms with van der Waals surface area (Å²) in [5.41, 5.74) is 9.73. The van der Waals surface area contributed by atoms with Crippen LogP contribution in [-0.4, -0.2) is 72.9 Å². The van der Waals surface area contributed by atoms with Crippen LogP contribution >= 0.6 is 0 Å². The van der Waals surface area contributed by atoms with E-state index in [4.69, 9.17) is 10.5 Å². The minimum absolute atomic E-state index is 0.0340. The van der Waals surface area contributed by atoms with Gasteiger partial charge < -0.3 is 20.3 Å². The van der Waals surface area contributed by atoms with E-state index in [-0.39, 0.29) is 30.2 Å². The van der Waals surface area contributed by atoms with Crippen molar-refractivity contribution in [1.29, 1.82) is 0 Å². The van der Waals surface area contributed by atoms with Gasteiger partial charge in [0.2, 0.25) is 11.8 Å². The number of amides is 3. The van der Waals surface area contributed by atoms with Gasteiger partial charge in [-0.2, -0.15) is 0 Å². The molecular weight excluding hydrogens is 482 g/mol. The Morgan fingerprint density at radius 1 is 1.03 bits per heavy atom. The molecule has 2 aromatic carbocycles. The lowest BCUT2D eigenvalue weighted by atomic mass is 10.0. The second kappa shape index (κ2) is 11.5. The first kappa shape index (κ1) is 26.2. The van der Waals surface area contributed by atoms with Crippen LogP contribution in [0.3, 0.4) is 0 Å². The highest BCUT2D eigenvalue weighted by Crippen LogP contribution is 2.31. The molecule has 9 heteroatoms. The van der Waals surface area contributed by atoms with Crippen LogP contribution in [0.4, 0.5) is 5.69 Å². The number of benzene rings is 2. The van der Waals surface area contributed by atoms with Gasteiger partial charge in [0.05, 0.1) is 6.61 Å². The molecule has 0 bridgehead atoms. The lowest BCUT2D eigenvalue weighted by Crippen LogP contribution is -2.52. The average Bonchev–Trinajstić information content (AvgIpc) is 3.24. The molecule has 3 N–H and O–H groups in total. The van der Waals surface area contributed by atoms with E-state index < -0.39 is 6.04 Å². The third kappa shape index (κ3) is 5.84. The molecule has 2 saturated heterocycles. The molecule has 9 nitrogen and oxygen atoms in total. The molecule has 0 aromatic heterocycles. The van der Waals surface area contributed by atoms with Gasteiger partial charge in [-0.05, 0) is 74.2 Å². The Balaban J connectivity index is 1.05. The summed E-state index contributed by atoms with van der Waals surface area (Å²) < 4.78 is 5.87. The molecule has 3 amide bonds. The Morgan fingerprint density at radius 2 is 1.79 bits per heavy atom. The normalized spacial score (nSPS) is 20.9. The summed E-state index contributed by atoms with van der Waals surface area (Å²) in [6.45, 7) is 8.02. The summed E-state index contributed by atoms with van der Waals surface area (Å²) in [4.78, 5) is 43.2. The third-order valence-corrected chi connectivity index (χ3v) is 7.79. The third-order valence-electron chi connectivity index (χ3n) is 7.79. The Bertz CT molecular complexity index is 1170. The van der Waals surface area contributed by atoms with E-state index in [0.717, 1.165) is 68.1 Å². The monoisotopic (exact) mass is 519 g/mol. The number of nitrogens with two attached hydrogens (primary N) is 1. The second-order valence-corrected chi connectivity index (χ2v) is 10.5. The van der Waals surface area contributed by atoms with Crippen LogP contribution in [0.1, 0.15) is 60.1 Å². The van der Waals surface area contributed by atoms with Crippen LogP contribution in [-0.2, 0) is 16.1 Å². The molecule has 5 rings (SSSR count). The van der Waals surface area contributed by atoms with Crippen molar-refractivity contribution in [1.82, 2.24) is 15.1 Å². The number of carbonyl (C=O) groups excluding carboxylic acids is 3. The largest absolute Gasteiger partial charge is 0.494 e. The van der Waals surface area contributed by atoms with E-state index in [0.29, 0.717) is 25.1 Å². The molecule has 3 aliphatic heterocycles. The number of carbonyl (C=O) groups is 3. The van der Waals surface area contributed by atoms with E-state index in [1.165, 1.54) is 0 Å². The van der Waals surface area contributed by atoms with Gasteiger partial charge in [-0.15, -0.1) is 0 Å². The molecule has 0 radical (unpaired) electrons. The summed E-state index contributed by atoms with van der Waals surface area (Å²) in [7, 11) is 0. The zero-order chi connectivity index (χ0) is 26.6. The smallest absolute Gasteiger partial charge is 0.255 e. The zero-order valence-electron chi connectivity index (χ0n) is 22.0. The van der Waals surface area contributed by atoms with Crippen LogP contribution in [0.2, 0.25) is 0 Å². The fourth-order valence-electron chi connectivity index (χ4n) is 5.48. The molecule has 3 aliphatic rings. The van der Waals surface area contributed by atoms with Crippen LogP contribution < -0.4 is 20.7 Å². The minimum Gasteiger partial charge on any atom is -0.494 e. The van der Waals surface area contributed by atoms with E-state index in [1.54, 1.807) is 4.90 Å². The van der Waals surface area contributed by atoms with E-state index >= 15 is 0 Å². The number of rotatable bonds is 9. The molecule has 2 fully saturated rings. The maximum atomic E-state index is 12.9. The molecule has 38 heavy (non-hydrogen) atoms. The highest BCUT2D eigenvalue weighted by atomic mass is 16.5. The number of piperidine rings is 1. The van der Waals surface area contributed by atoms with Crippen molar-refractivity contribution in [3.8, 4) is 5.75 Å². The van der Waals surface area contributed by atoms with Crippen molar-refractivity contribution in [2.45, 2.75) is 51.2 Å². The first-order valence-electron chi connectivity index (χ1n) is 13.6. The van der Waals surface area contributed by atoms with Crippen molar-refractivity contribution < 1.29 is 19.1 Å². The van der Waals surface area contributed by atoms with Crippen LogP contribution in [0.25, 0.3) is 0 Å². The highest BCUT2D eigenvalue weighted by Gasteiger charge is 2.39. The van der Waals surface area contributed by atoms with E-state index in [2.05, 4.69) is 21.2 Å². The van der Waals surface area contributed by atoms with Gasteiger partial charge in [0.25, 0.3) is 5.91 Å². The summed E-state index contributed by atoms with van der Waals surface area (Å²) in [5.74, 6) is 0.117. The highest BCUT2D eigenvalue weighted by molar-refractivity contribution is 6.05. The van der Waals surface area contributed by atoms with E-state index in [1.807, 2.05) is 43.3 Å². The number of nitrogens with one attached hydrogen (secondary N) is 1. The van der Waals surface area contributed by atoms with Crippen molar-refractivity contribution in [3.05, 3.63) is 59.2 Å². The number of hydrogen-bond acceptors (Lipinski definition) is 7. The fraction of sp³-hybridized carbons (Fsp3) is 0.483. The van der Waals surface area contributed by atoms with Gasteiger partial charge in [-0.1, -0.05) is 12.1 Å². The van der Waals surface area contributed by atoms with Crippen molar-refractivity contribution in [2.75, 3.05) is 44.2 Å². The lowest BCUT2D eigenvalue weighted by Gasteiger charge is -2.36. The molecule has 2 atom stereocenters. The molecule has 0 aliphatic carbocycles. The SMILES string of the molecule is CC(N)c1ccc(OCCCCN2CCN(c3ccc4c(c3)CN(C3CCC(=O)NC3=O)C4=O)CC2)cc1. The number of anilines is 1. The number of nitrogens with zero attached hydrogens (tertiary/aromatic N) is 3. The van der Waals surface area contributed by atoms with Gasteiger partial charge in [-0.3, -0.25) is 24.6 Å². The number of imide groups is 1. The standard InChI is InChI=1S/C29H37N5O4/c1-20(30)21-4-7-24(8-5-21)38-17-3-2-12-32-13-15-33(16-14-32)23-6-9-25-22(18-23)19-34(29(25)37)26-10-11-27(35)31-28(26)36/h4-9,18,20,26H,2-3,10-17,19,30H2,1H3,(H,31,35,36). The predicted molar refractivity (Wildman–Crippen MR) is 145 cm³/mol. The summed E-state index contributed by atoms with van der Waals surface area (Å²) in [5, 5.41) is 2.36. The average molecular weight is 520 g/mol. The molecule has 0 saturated carbocycles. The Hall–Kier alpha value is -3.43. The molecule has 3 heterocycles. The molecule has 202 valence electrons. The summed E-state index contributed by atoms with van der Waals surface area (Å²) >= 11 is 0. The number of ether oxygens (including phenoxy) is 1. The van der Waals surface area contributed by atoms with Crippen molar-refractivity contribution in [3.63, 3.8) is 0 Å². The summed E-state index contributed by atoms with van der Waals surface area (Å²) in [6, 6.07) is 13.5. The van der Waals surface area contributed by atoms with Gasteiger partial charge in [-0.25, -0.2) is 0 Å². The van der Waals surface area contributed by atoms with Gasteiger partial charge >= 0.3 is 0 Å². The number of hydrogen-bond donors (Lipinski definition) is 2. The Morgan fingerprint density at radius 3 is 2.50 bits per heavy atom. The van der Waals surface area contributed by atoms with Gasteiger partial charge in [0.1, 0.15) is 11.8 Å². The second-order valence-electron chi connectivity index (χ2n) is 10.5. The minimum atomic E-state index is -0.578. The maximum Gasteiger partial charge on any atom is 0.255 e. The fourth-order valence-corrected chi connectivity index (χ4v) is 5.48. The van der Waals surface area contributed by atoms with Crippen molar-refractivity contribution >= 4 is 23.4 Å². The van der Waals surface area contributed by atoms with Crippen molar-refractivity contribution in [2.24, 2.45) is 5.73 Å². The predicted octanol–water partition coefficient (Wildman–Crippen LogP) is 2.45. The summed E-state index contributed by atoms with van der Waals surface area (Å²) in [6.07, 6.45) is 2.75. The van der Waals surface area contributed by atoms with Gasteiger partial charge in [0, 0.05) is 56.4 Å². The number of unbranched alkanes of at least 4 members (excludes halogenated alkanes) is 1. The molecule has 2 aromatic rings. The Labute approximate surface area is 223 Å². The molecule has 0 spiro atoms. The Kier molecular flexibility index (Phi) is 7.95. The zero-order valence-corrected chi connectivity index (χ0v) is 22.0. The molecule has 2 unspecified atom stereocenters. The van der Waals surface area contributed by atoms with Crippen LogP contribution in [0.5, 0.6) is 5.75 Å². The molecular formula is C29H37N5O4. The first-order chi connectivity index (χ1) is 18.4. The van der Waals surface area contributed by atoms with Crippen LogP contribution in [0.15, 0.2) is 42.5 Å².